The molecule has 2 heterocycles. The number of nitrogens with one attached hydrogen (secondary N) is 1. The van der Waals surface area contributed by atoms with Crippen LogP contribution >= 0.6 is 50.6 Å². The molecule has 0 saturated heterocycles. The summed E-state index contributed by atoms with van der Waals surface area (Å²) in [6.07, 6.45) is 11.0. The van der Waals surface area contributed by atoms with Gasteiger partial charge in [0.1, 0.15) is 5.15 Å². The molecule has 2 nitrogen and oxygen atoms in total. The average Bonchev–Trinajstić information content (AvgIpc) is 3.22. The molecule has 2 aromatic heterocycles. The van der Waals surface area contributed by atoms with Gasteiger partial charge in [-0.15, -0.1) is 23.1 Å². The van der Waals surface area contributed by atoms with E-state index in [2.05, 4.69) is 56.1 Å². The van der Waals surface area contributed by atoms with Crippen LogP contribution in [0.3, 0.4) is 0 Å². The number of thiophene rings is 1. The summed E-state index contributed by atoms with van der Waals surface area (Å²) in [5.74, 6) is 0.640. The maximum Gasteiger partial charge on any atom is 0.131 e. The van der Waals surface area contributed by atoms with E-state index in [1.807, 2.05) is 19.9 Å². The van der Waals surface area contributed by atoms with Crippen molar-refractivity contribution in [3.8, 4) is 0 Å². The number of thioether (sulfide) groups is 1. The maximum atomic E-state index is 6.32. The molecule has 1 saturated carbocycles. The minimum absolute atomic E-state index is 0.524. The van der Waals surface area contributed by atoms with E-state index in [0.717, 1.165) is 27.3 Å². The molecule has 0 spiro atoms. The summed E-state index contributed by atoms with van der Waals surface area (Å²) in [7, 11) is 0. The van der Waals surface area contributed by atoms with Gasteiger partial charge in [-0.25, -0.2) is 4.98 Å². The highest BCUT2D eigenvalue weighted by atomic mass is 79.9. The first-order chi connectivity index (χ1) is 13.2. The quantitative estimate of drug-likeness (QED) is 0.326. The third kappa shape index (κ3) is 6.81. The lowest BCUT2D eigenvalue weighted by molar-refractivity contribution is 0.420. The van der Waals surface area contributed by atoms with Crippen LogP contribution in [0.25, 0.3) is 4.48 Å². The van der Waals surface area contributed by atoms with Crippen molar-refractivity contribution in [3.05, 3.63) is 45.4 Å². The lowest BCUT2D eigenvalue weighted by atomic mass is 9.89. The lowest BCUT2D eigenvalue weighted by Gasteiger charge is -2.19. The first-order valence-corrected chi connectivity index (χ1v) is 12.8. The fraction of sp³-hybridized carbons (Fsp3) is 0.476. The predicted molar refractivity (Wildman–Crippen MR) is 128 cm³/mol. The van der Waals surface area contributed by atoms with Crippen LogP contribution < -0.4 is 5.32 Å². The molecular formula is C21H28BrClN2S2. The lowest BCUT2D eigenvalue weighted by Crippen LogP contribution is -2.05. The van der Waals surface area contributed by atoms with Gasteiger partial charge in [-0.3, -0.25) is 0 Å². The van der Waals surface area contributed by atoms with Gasteiger partial charge in [0.15, 0.2) is 0 Å². The number of nitrogens with zero attached hydrogens (tertiary/aromatic N) is 1. The molecule has 6 heteroatoms. The van der Waals surface area contributed by atoms with Crippen molar-refractivity contribution in [2.45, 2.75) is 57.4 Å². The molecule has 1 fully saturated rings. The molecule has 0 atom stereocenters. The second-order valence-electron chi connectivity index (χ2n) is 6.22. The first-order valence-electron chi connectivity index (χ1n) is 9.56. The molecule has 0 radical (unpaired) electrons. The zero-order valence-corrected chi connectivity index (χ0v) is 20.2. The summed E-state index contributed by atoms with van der Waals surface area (Å²) in [4.78, 5) is 7.05. The van der Waals surface area contributed by atoms with E-state index in [4.69, 9.17) is 11.6 Å². The third-order valence-electron chi connectivity index (χ3n) is 4.44. The van der Waals surface area contributed by atoms with E-state index in [1.54, 1.807) is 23.1 Å². The van der Waals surface area contributed by atoms with E-state index in [0.29, 0.717) is 11.1 Å². The van der Waals surface area contributed by atoms with E-state index < -0.39 is 0 Å². The van der Waals surface area contributed by atoms with Gasteiger partial charge in [-0.05, 0) is 58.5 Å². The molecule has 2 aromatic rings. The molecule has 1 N–H and O–H groups in total. The Balaban J connectivity index is 0.00000126. The van der Waals surface area contributed by atoms with E-state index in [9.17, 15) is 0 Å². The van der Waals surface area contributed by atoms with Crippen molar-refractivity contribution in [3.63, 3.8) is 0 Å². The second-order valence-corrected chi connectivity index (χ2v) is 9.31. The standard InChI is InChI=1S/C19H22BrClN2S2.C2H6/c1-24-19-16(22-12-14-8-5-9-25-14)11-17(21)23-18(19)15(20)10-13-6-3-2-4-7-13;1-2/h5,8-11,13H,2-4,6-7,12H2,1H3,(H,22,23);1-2H3/b15-10-;. The van der Waals surface area contributed by atoms with Crippen LogP contribution in [0.5, 0.6) is 0 Å². The number of rotatable bonds is 6. The van der Waals surface area contributed by atoms with Gasteiger partial charge in [0, 0.05) is 15.9 Å². The number of aromatic nitrogens is 1. The van der Waals surface area contributed by atoms with E-state index in [1.165, 1.54) is 37.0 Å². The van der Waals surface area contributed by atoms with E-state index in [-0.39, 0.29) is 0 Å². The molecule has 27 heavy (non-hydrogen) atoms. The summed E-state index contributed by atoms with van der Waals surface area (Å²) in [5, 5.41) is 6.15. The van der Waals surface area contributed by atoms with Gasteiger partial charge in [0.2, 0.25) is 0 Å². The smallest absolute Gasteiger partial charge is 0.131 e. The van der Waals surface area contributed by atoms with E-state index >= 15 is 0 Å². The number of pyridine rings is 1. The minimum Gasteiger partial charge on any atom is -0.379 e. The molecule has 0 aromatic carbocycles. The highest BCUT2D eigenvalue weighted by Gasteiger charge is 2.17. The molecule has 0 aliphatic heterocycles. The van der Waals surface area contributed by atoms with Crippen molar-refractivity contribution in [2.75, 3.05) is 11.6 Å². The number of hydrogen-bond donors (Lipinski definition) is 1. The Morgan fingerprint density at radius 3 is 2.74 bits per heavy atom. The van der Waals surface area contributed by atoms with Crippen LogP contribution in [-0.4, -0.2) is 11.2 Å². The van der Waals surface area contributed by atoms with Gasteiger partial charge in [-0.2, -0.15) is 0 Å². The summed E-state index contributed by atoms with van der Waals surface area (Å²) < 4.78 is 1.06. The van der Waals surface area contributed by atoms with Crippen LogP contribution in [0.15, 0.2) is 34.6 Å². The highest BCUT2D eigenvalue weighted by molar-refractivity contribution is 9.15. The zero-order valence-electron chi connectivity index (χ0n) is 16.2. The summed E-state index contributed by atoms with van der Waals surface area (Å²) in [5.41, 5.74) is 1.99. The second kappa shape index (κ2) is 12.2. The van der Waals surface area contributed by atoms with Crippen molar-refractivity contribution >= 4 is 60.8 Å². The van der Waals surface area contributed by atoms with Crippen molar-refractivity contribution in [2.24, 2.45) is 5.92 Å². The summed E-state index contributed by atoms with van der Waals surface area (Å²) in [6.45, 7) is 4.80. The highest BCUT2D eigenvalue weighted by Crippen LogP contribution is 2.38. The molecular weight excluding hydrogens is 460 g/mol. The Kier molecular flexibility index (Phi) is 10.3. The first kappa shape index (κ1) is 22.8. The molecule has 0 unspecified atom stereocenters. The third-order valence-corrected chi connectivity index (χ3v) is 6.97. The van der Waals surface area contributed by atoms with Crippen LogP contribution in [-0.2, 0) is 6.54 Å². The Bertz CT molecular complexity index is 726. The van der Waals surface area contributed by atoms with Crippen LogP contribution in [0.1, 0.15) is 56.5 Å². The Hall–Kier alpha value is -0.490. The summed E-state index contributed by atoms with van der Waals surface area (Å²) in [6, 6.07) is 6.13. The normalized spacial score (nSPS) is 15.2. The fourth-order valence-electron chi connectivity index (χ4n) is 3.18. The average molecular weight is 488 g/mol. The fourth-order valence-corrected chi connectivity index (χ4v) is 5.51. The number of hydrogen-bond acceptors (Lipinski definition) is 4. The maximum absolute atomic E-state index is 6.32. The molecule has 0 amide bonds. The van der Waals surface area contributed by atoms with Crippen molar-refractivity contribution < 1.29 is 0 Å². The Morgan fingerprint density at radius 2 is 2.11 bits per heavy atom. The number of anilines is 1. The SMILES string of the molecule is CC.CSc1c(NCc2cccs2)cc(Cl)nc1/C(Br)=C/C1CCCCC1. The van der Waals surface area contributed by atoms with Gasteiger partial charge in [-0.1, -0.05) is 56.9 Å². The number of halogens is 2. The molecule has 3 rings (SSSR count). The topological polar surface area (TPSA) is 24.9 Å². The van der Waals surface area contributed by atoms with Crippen molar-refractivity contribution in [1.82, 2.24) is 4.98 Å². The van der Waals surface area contributed by atoms with Crippen molar-refractivity contribution in [1.29, 1.82) is 0 Å². The monoisotopic (exact) mass is 486 g/mol. The Labute approximate surface area is 185 Å². The van der Waals surface area contributed by atoms with Gasteiger partial charge in [0.25, 0.3) is 0 Å². The molecule has 0 bridgehead atoms. The molecule has 148 valence electrons. The molecule has 1 aliphatic rings. The Morgan fingerprint density at radius 1 is 1.37 bits per heavy atom. The predicted octanol–water partition coefficient (Wildman–Crippen LogP) is 8.47. The van der Waals surface area contributed by atoms with Gasteiger partial charge in [0.05, 0.1) is 16.3 Å². The largest absolute Gasteiger partial charge is 0.379 e. The van der Waals surface area contributed by atoms with Crippen LogP contribution in [0.2, 0.25) is 5.15 Å². The summed E-state index contributed by atoms with van der Waals surface area (Å²) >= 11 is 13.6. The van der Waals surface area contributed by atoms with Crippen LogP contribution in [0.4, 0.5) is 5.69 Å². The van der Waals surface area contributed by atoms with Crippen LogP contribution in [0, 0.1) is 5.92 Å². The zero-order chi connectivity index (χ0) is 19.6. The number of allylic oxidation sites excluding steroid dienone is 1. The van der Waals surface area contributed by atoms with Gasteiger partial charge < -0.3 is 5.32 Å². The van der Waals surface area contributed by atoms with Gasteiger partial charge >= 0.3 is 0 Å². The minimum atomic E-state index is 0.524. The molecule has 1 aliphatic carbocycles.